The van der Waals surface area contributed by atoms with E-state index in [1.165, 1.54) is 19.4 Å². The molecule has 1 heterocycles. The number of ether oxygens (including phenoxy) is 2. The molecular weight excluding hydrogens is 430 g/mol. The van der Waals surface area contributed by atoms with Gasteiger partial charge in [-0.25, -0.2) is 10.4 Å². The lowest BCUT2D eigenvalue weighted by molar-refractivity contribution is 0.0956. The van der Waals surface area contributed by atoms with Gasteiger partial charge in [0.05, 0.1) is 36.2 Å². The molecule has 34 heavy (non-hydrogen) atoms. The smallest absolute Gasteiger partial charge is 0.272 e. The van der Waals surface area contributed by atoms with Gasteiger partial charge in [0.25, 0.3) is 5.91 Å². The topological polar surface area (TPSA) is 93.0 Å². The Morgan fingerprint density at radius 3 is 2.56 bits per heavy atom. The summed E-state index contributed by atoms with van der Waals surface area (Å²) < 4.78 is 11.0. The molecule has 4 aromatic rings. The van der Waals surface area contributed by atoms with Crippen molar-refractivity contribution in [1.29, 1.82) is 0 Å². The van der Waals surface area contributed by atoms with Crippen LogP contribution in [0.5, 0.6) is 17.2 Å². The van der Waals surface area contributed by atoms with E-state index in [0.717, 1.165) is 5.56 Å². The van der Waals surface area contributed by atoms with E-state index in [1.54, 1.807) is 18.2 Å². The first kappa shape index (κ1) is 22.8. The van der Waals surface area contributed by atoms with E-state index in [4.69, 9.17) is 14.5 Å². The molecule has 0 saturated heterocycles. The molecule has 7 nitrogen and oxygen atoms in total. The first-order chi connectivity index (χ1) is 16.5. The van der Waals surface area contributed by atoms with Crippen LogP contribution in [0, 0.1) is 0 Å². The average Bonchev–Trinajstić information content (AvgIpc) is 2.83. The number of nitrogens with zero attached hydrogens (tertiary/aromatic N) is 2. The number of hydrogen-bond donors (Lipinski definition) is 2. The van der Waals surface area contributed by atoms with Crippen LogP contribution in [-0.4, -0.2) is 35.4 Å². The maximum absolute atomic E-state index is 13.1. The first-order valence-corrected chi connectivity index (χ1v) is 10.8. The molecule has 2 N–H and O–H groups in total. The number of rotatable bonds is 7. The predicted molar refractivity (Wildman–Crippen MR) is 133 cm³/mol. The van der Waals surface area contributed by atoms with E-state index >= 15 is 0 Å². The SMILES string of the molecule is COc1ccc(/C=N\NC(=O)c2cc(-c3ccccc3OC(C)C)nc3ccccc23)cc1O. The molecule has 0 unspecified atom stereocenters. The highest BCUT2D eigenvalue weighted by Gasteiger charge is 2.16. The standard InChI is InChI=1S/C27H25N3O4/c1-17(2)34-25-11-7-5-9-20(25)23-15-21(19-8-4-6-10-22(19)29-23)27(32)30-28-16-18-12-13-26(33-3)24(31)14-18/h4-17,31H,1-3H3,(H,30,32)/b28-16-. The Labute approximate surface area is 197 Å². The van der Waals surface area contributed by atoms with Gasteiger partial charge in [-0.1, -0.05) is 30.3 Å². The molecule has 0 aliphatic rings. The van der Waals surface area contributed by atoms with Crippen molar-refractivity contribution in [3.05, 3.63) is 83.9 Å². The second-order valence-electron chi connectivity index (χ2n) is 7.87. The number of fused-ring (bicyclic) bond motifs is 1. The van der Waals surface area contributed by atoms with Crippen molar-refractivity contribution in [3.63, 3.8) is 0 Å². The van der Waals surface area contributed by atoms with E-state index in [1.807, 2.05) is 62.4 Å². The summed E-state index contributed by atoms with van der Waals surface area (Å²) in [5.41, 5.74) is 5.74. The van der Waals surface area contributed by atoms with Crippen molar-refractivity contribution in [2.24, 2.45) is 5.10 Å². The van der Waals surface area contributed by atoms with Crippen LogP contribution in [-0.2, 0) is 0 Å². The number of aromatic nitrogens is 1. The van der Waals surface area contributed by atoms with Crippen LogP contribution in [0.15, 0.2) is 77.9 Å². The van der Waals surface area contributed by atoms with Gasteiger partial charge in [0.2, 0.25) is 0 Å². The number of nitrogens with one attached hydrogen (secondary N) is 1. The maximum Gasteiger partial charge on any atom is 0.272 e. The summed E-state index contributed by atoms with van der Waals surface area (Å²) in [4.78, 5) is 17.9. The van der Waals surface area contributed by atoms with Crippen LogP contribution in [0.2, 0.25) is 0 Å². The number of phenolic OH excluding ortho intramolecular Hbond substituents is 1. The van der Waals surface area contributed by atoms with E-state index in [2.05, 4.69) is 10.5 Å². The van der Waals surface area contributed by atoms with Gasteiger partial charge in [0.1, 0.15) is 5.75 Å². The zero-order chi connectivity index (χ0) is 24.1. The van der Waals surface area contributed by atoms with Gasteiger partial charge >= 0.3 is 0 Å². The van der Waals surface area contributed by atoms with Crippen LogP contribution < -0.4 is 14.9 Å². The summed E-state index contributed by atoms with van der Waals surface area (Å²) in [7, 11) is 1.48. The number of pyridine rings is 1. The molecular formula is C27H25N3O4. The Morgan fingerprint density at radius 1 is 1.03 bits per heavy atom. The highest BCUT2D eigenvalue weighted by Crippen LogP contribution is 2.32. The normalized spacial score (nSPS) is 11.2. The molecule has 1 amide bonds. The number of carbonyl (C=O) groups is 1. The molecule has 0 radical (unpaired) electrons. The Morgan fingerprint density at radius 2 is 1.79 bits per heavy atom. The van der Waals surface area contributed by atoms with Crippen LogP contribution in [0.1, 0.15) is 29.8 Å². The lowest BCUT2D eigenvalue weighted by Crippen LogP contribution is -2.18. The zero-order valence-corrected chi connectivity index (χ0v) is 19.1. The lowest BCUT2D eigenvalue weighted by atomic mass is 10.0. The minimum absolute atomic E-state index is 0.00361. The number of amides is 1. The lowest BCUT2D eigenvalue weighted by Gasteiger charge is -2.15. The number of aromatic hydroxyl groups is 1. The minimum atomic E-state index is -0.379. The summed E-state index contributed by atoms with van der Waals surface area (Å²) in [6.07, 6.45) is 1.45. The fraction of sp³-hybridized carbons (Fsp3) is 0.148. The third-order valence-corrected chi connectivity index (χ3v) is 5.07. The monoisotopic (exact) mass is 455 g/mol. The number of para-hydroxylation sites is 2. The Balaban J connectivity index is 1.67. The summed E-state index contributed by atoms with van der Waals surface area (Å²) in [6, 6.07) is 21.7. The van der Waals surface area contributed by atoms with Gasteiger partial charge < -0.3 is 14.6 Å². The molecule has 0 aliphatic heterocycles. The minimum Gasteiger partial charge on any atom is -0.504 e. The maximum atomic E-state index is 13.1. The van der Waals surface area contributed by atoms with Crippen molar-refractivity contribution >= 4 is 23.0 Å². The molecule has 4 rings (SSSR count). The number of benzene rings is 3. The molecule has 3 aromatic carbocycles. The van der Waals surface area contributed by atoms with Gasteiger partial charge in [0, 0.05) is 10.9 Å². The number of hydrazone groups is 1. The second kappa shape index (κ2) is 10.0. The van der Waals surface area contributed by atoms with Crippen LogP contribution in [0.4, 0.5) is 0 Å². The Hall–Kier alpha value is -4.39. The number of carbonyl (C=O) groups excluding carboxylic acids is 1. The highest BCUT2D eigenvalue weighted by atomic mass is 16.5. The summed E-state index contributed by atoms with van der Waals surface area (Å²) >= 11 is 0. The van der Waals surface area contributed by atoms with Gasteiger partial charge in [-0.15, -0.1) is 0 Å². The van der Waals surface area contributed by atoms with E-state index in [0.29, 0.717) is 39.2 Å². The van der Waals surface area contributed by atoms with Gasteiger partial charge in [0.15, 0.2) is 11.5 Å². The number of methoxy groups -OCH3 is 1. The Kier molecular flexibility index (Phi) is 6.73. The van der Waals surface area contributed by atoms with Crippen molar-refractivity contribution < 1.29 is 19.4 Å². The van der Waals surface area contributed by atoms with Crippen LogP contribution in [0.25, 0.3) is 22.2 Å². The van der Waals surface area contributed by atoms with Crippen LogP contribution >= 0.6 is 0 Å². The zero-order valence-electron chi connectivity index (χ0n) is 19.1. The predicted octanol–water partition coefficient (Wildman–Crippen LogP) is 5.17. The van der Waals surface area contributed by atoms with Crippen LogP contribution in [0.3, 0.4) is 0 Å². The quantitative estimate of drug-likeness (QED) is 0.296. The molecule has 0 aliphatic carbocycles. The average molecular weight is 456 g/mol. The second-order valence-corrected chi connectivity index (χ2v) is 7.87. The molecule has 0 bridgehead atoms. The first-order valence-electron chi connectivity index (χ1n) is 10.8. The molecule has 0 saturated carbocycles. The fourth-order valence-electron chi connectivity index (χ4n) is 3.55. The van der Waals surface area contributed by atoms with E-state index in [-0.39, 0.29) is 17.8 Å². The number of hydrogen-bond acceptors (Lipinski definition) is 6. The number of phenols is 1. The van der Waals surface area contributed by atoms with E-state index in [9.17, 15) is 9.90 Å². The Bertz CT molecular complexity index is 1370. The molecule has 0 spiro atoms. The van der Waals surface area contributed by atoms with Gasteiger partial charge in [-0.05, 0) is 61.9 Å². The molecule has 0 fully saturated rings. The summed E-state index contributed by atoms with van der Waals surface area (Å²) in [6.45, 7) is 3.92. The fourth-order valence-corrected chi connectivity index (χ4v) is 3.55. The third kappa shape index (κ3) is 4.99. The summed E-state index contributed by atoms with van der Waals surface area (Å²) in [5.74, 6) is 0.670. The molecule has 172 valence electrons. The third-order valence-electron chi connectivity index (χ3n) is 5.07. The van der Waals surface area contributed by atoms with E-state index < -0.39 is 0 Å². The largest absolute Gasteiger partial charge is 0.504 e. The van der Waals surface area contributed by atoms with Crippen molar-refractivity contribution in [2.75, 3.05) is 7.11 Å². The molecule has 0 atom stereocenters. The van der Waals surface area contributed by atoms with Crippen molar-refractivity contribution in [2.45, 2.75) is 20.0 Å². The van der Waals surface area contributed by atoms with Crippen molar-refractivity contribution in [3.8, 4) is 28.5 Å². The summed E-state index contributed by atoms with van der Waals surface area (Å²) in [5, 5.41) is 14.7. The van der Waals surface area contributed by atoms with Gasteiger partial charge in [-0.3, -0.25) is 4.79 Å². The highest BCUT2D eigenvalue weighted by molar-refractivity contribution is 6.07. The molecule has 1 aromatic heterocycles. The van der Waals surface area contributed by atoms with Gasteiger partial charge in [-0.2, -0.15) is 5.10 Å². The molecule has 7 heteroatoms. The van der Waals surface area contributed by atoms with Crippen molar-refractivity contribution in [1.82, 2.24) is 10.4 Å².